The molecule has 1 aromatic heterocycles. The smallest absolute Gasteiger partial charge is 0.410 e. The van der Waals surface area contributed by atoms with E-state index in [-0.39, 0.29) is 6.09 Å². The summed E-state index contributed by atoms with van der Waals surface area (Å²) in [6.45, 7) is 1.89. The molecule has 0 aromatic carbocycles. The molecule has 0 saturated heterocycles. The van der Waals surface area contributed by atoms with Gasteiger partial charge in [-0.3, -0.25) is 0 Å². The lowest BCUT2D eigenvalue weighted by molar-refractivity contribution is 0.0762. The highest BCUT2D eigenvalue weighted by molar-refractivity contribution is 5.68. The van der Waals surface area contributed by atoms with Crippen molar-refractivity contribution < 1.29 is 9.53 Å². The van der Waals surface area contributed by atoms with Gasteiger partial charge in [-0.2, -0.15) is 0 Å². The zero-order chi connectivity index (χ0) is 13.1. The summed E-state index contributed by atoms with van der Waals surface area (Å²) >= 11 is 0. The van der Waals surface area contributed by atoms with Crippen LogP contribution in [0, 0.1) is 5.92 Å². The van der Waals surface area contributed by atoms with Gasteiger partial charge in [0.1, 0.15) is 0 Å². The highest BCUT2D eigenvalue weighted by Gasteiger charge is 2.24. The van der Waals surface area contributed by atoms with Crippen LogP contribution in [-0.2, 0) is 17.7 Å². The molecule has 1 aliphatic carbocycles. The van der Waals surface area contributed by atoms with Gasteiger partial charge in [0.05, 0.1) is 30.9 Å². The molecular formula is C14H21N3O2. The van der Waals surface area contributed by atoms with E-state index in [0.29, 0.717) is 25.6 Å². The van der Waals surface area contributed by atoms with Crippen molar-refractivity contribution in [2.24, 2.45) is 5.92 Å². The highest BCUT2D eigenvalue weighted by atomic mass is 16.6. The number of nitrogens with one attached hydrogen (secondary N) is 1. The normalized spacial score (nSPS) is 20.1. The van der Waals surface area contributed by atoms with Gasteiger partial charge < -0.3 is 14.6 Å². The number of carbonyl (C=O) groups excluding carboxylic acids is 1. The largest absolute Gasteiger partial charge is 0.449 e. The van der Waals surface area contributed by atoms with Crippen LogP contribution in [0.1, 0.15) is 43.5 Å². The van der Waals surface area contributed by atoms with Crippen molar-refractivity contribution in [1.82, 2.24) is 14.9 Å². The minimum absolute atomic E-state index is 0.175. The maximum Gasteiger partial charge on any atom is 0.410 e. The standard InChI is InChI=1S/C14H21N3O2/c18-14(19-9-11-4-2-1-3-5-11)17-7-6-12-13(8-17)16-10-15-12/h10-11H,1-9H2,(H,15,16). The number of H-pyrrole nitrogens is 1. The zero-order valence-corrected chi connectivity index (χ0v) is 11.2. The van der Waals surface area contributed by atoms with Gasteiger partial charge in [0, 0.05) is 13.0 Å². The Hall–Kier alpha value is -1.52. The maximum absolute atomic E-state index is 12.0. The van der Waals surface area contributed by atoms with Gasteiger partial charge in [0.15, 0.2) is 0 Å². The van der Waals surface area contributed by atoms with E-state index in [4.69, 9.17) is 4.74 Å². The van der Waals surface area contributed by atoms with E-state index < -0.39 is 0 Å². The van der Waals surface area contributed by atoms with Crippen LogP contribution >= 0.6 is 0 Å². The van der Waals surface area contributed by atoms with Crippen LogP contribution in [0.5, 0.6) is 0 Å². The van der Waals surface area contributed by atoms with E-state index in [1.807, 2.05) is 0 Å². The predicted octanol–water partition coefficient (Wildman–Crippen LogP) is 2.48. The monoisotopic (exact) mass is 263 g/mol. The SMILES string of the molecule is O=C(OCC1CCCCC1)N1CCc2nc[nH]c2C1. The van der Waals surface area contributed by atoms with Crippen molar-refractivity contribution in [3.63, 3.8) is 0 Å². The van der Waals surface area contributed by atoms with Gasteiger partial charge in [-0.1, -0.05) is 19.3 Å². The molecule has 0 spiro atoms. The topological polar surface area (TPSA) is 58.2 Å². The first-order valence-corrected chi connectivity index (χ1v) is 7.26. The summed E-state index contributed by atoms with van der Waals surface area (Å²) in [5.74, 6) is 0.574. The number of ether oxygens (including phenoxy) is 1. The molecule has 3 rings (SSSR count). The Balaban J connectivity index is 1.48. The summed E-state index contributed by atoms with van der Waals surface area (Å²) in [6, 6.07) is 0. The molecular weight excluding hydrogens is 242 g/mol. The summed E-state index contributed by atoms with van der Waals surface area (Å²) < 4.78 is 5.47. The summed E-state index contributed by atoms with van der Waals surface area (Å²) in [6.07, 6.45) is 8.65. The maximum atomic E-state index is 12.0. The molecule has 0 bridgehead atoms. The van der Waals surface area contributed by atoms with Crippen LogP contribution in [0.2, 0.25) is 0 Å². The van der Waals surface area contributed by atoms with Crippen LogP contribution in [-0.4, -0.2) is 34.1 Å². The lowest BCUT2D eigenvalue weighted by Crippen LogP contribution is -2.37. The Bertz CT molecular complexity index is 438. The second-order valence-corrected chi connectivity index (χ2v) is 5.58. The fourth-order valence-corrected chi connectivity index (χ4v) is 3.00. The number of hydrogen-bond donors (Lipinski definition) is 1. The molecule has 1 amide bonds. The minimum atomic E-state index is -0.175. The van der Waals surface area contributed by atoms with Crippen LogP contribution < -0.4 is 0 Å². The Kier molecular flexibility index (Phi) is 3.71. The lowest BCUT2D eigenvalue weighted by Gasteiger charge is -2.27. The van der Waals surface area contributed by atoms with Crippen LogP contribution in [0.15, 0.2) is 6.33 Å². The van der Waals surface area contributed by atoms with Gasteiger partial charge in [-0.15, -0.1) is 0 Å². The molecule has 2 heterocycles. The lowest BCUT2D eigenvalue weighted by atomic mass is 9.90. The van der Waals surface area contributed by atoms with Gasteiger partial charge in [0.2, 0.25) is 0 Å². The van der Waals surface area contributed by atoms with Gasteiger partial charge in [0.25, 0.3) is 0 Å². The molecule has 1 saturated carbocycles. The second kappa shape index (κ2) is 5.63. The summed E-state index contributed by atoms with van der Waals surface area (Å²) in [5, 5.41) is 0. The number of carbonyl (C=O) groups is 1. The van der Waals surface area contributed by atoms with E-state index in [1.165, 1.54) is 32.1 Å². The number of aromatic amines is 1. The van der Waals surface area contributed by atoms with Gasteiger partial charge in [-0.25, -0.2) is 9.78 Å². The van der Waals surface area contributed by atoms with E-state index in [9.17, 15) is 4.79 Å². The highest BCUT2D eigenvalue weighted by Crippen LogP contribution is 2.24. The molecule has 104 valence electrons. The number of amides is 1. The second-order valence-electron chi connectivity index (χ2n) is 5.58. The quantitative estimate of drug-likeness (QED) is 0.891. The predicted molar refractivity (Wildman–Crippen MR) is 70.6 cm³/mol. The van der Waals surface area contributed by atoms with Crippen molar-refractivity contribution in [3.05, 3.63) is 17.7 Å². The molecule has 5 nitrogen and oxygen atoms in total. The molecule has 1 fully saturated rings. The van der Waals surface area contributed by atoms with E-state index in [1.54, 1.807) is 11.2 Å². The number of hydrogen-bond acceptors (Lipinski definition) is 3. The molecule has 1 aliphatic heterocycles. The van der Waals surface area contributed by atoms with Crippen molar-refractivity contribution >= 4 is 6.09 Å². The third kappa shape index (κ3) is 2.91. The van der Waals surface area contributed by atoms with Crippen LogP contribution in [0.4, 0.5) is 4.79 Å². The molecule has 0 unspecified atom stereocenters. The van der Waals surface area contributed by atoms with E-state index in [0.717, 1.165) is 17.8 Å². The zero-order valence-electron chi connectivity index (χ0n) is 11.2. The average Bonchev–Trinajstić information content (AvgIpc) is 2.93. The molecule has 1 aromatic rings. The molecule has 2 aliphatic rings. The first-order valence-electron chi connectivity index (χ1n) is 7.26. The van der Waals surface area contributed by atoms with E-state index in [2.05, 4.69) is 9.97 Å². The van der Waals surface area contributed by atoms with Crippen molar-refractivity contribution in [2.45, 2.75) is 45.1 Å². The first kappa shape index (κ1) is 12.5. The summed E-state index contributed by atoms with van der Waals surface area (Å²) in [4.78, 5) is 21.1. The molecule has 5 heteroatoms. The Labute approximate surface area is 113 Å². The van der Waals surface area contributed by atoms with Crippen molar-refractivity contribution in [2.75, 3.05) is 13.2 Å². The molecule has 0 radical (unpaired) electrons. The number of rotatable bonds is 2. The molecule has 0 atom stereocenters. The summed E-state index contributed by atoms with van der Waals surface area (Å²) in [7, 11) is 0. The fraction of sp³-hybridized carbons (Fsp3) is 0.714. The average molecular weight is 263 g/mol. The number of aromatic nitrogens is 2. The Morgan fingerprint density at radius 1 is 1.42 bits per heavy atom. The van der Waals surface area contributed by atoms with Crippen LogP contribution in [0.3, 0.4) is 0 Å². The van der Waals surface area contributed by atoms with Crippen molar-refractivity contribution in [1.29, 1.82) is 0 Å². The number of fused-ring (bicyclic) bond motifs is 1. The fourth-order valence-electron chi connectivity index (χ4n) is 3.00. The molecule has 19 heavy (non-hydrogen) atoms. The van der Waals surface area contributed by atoms with Gasteiger partial charge in [-0.05, 0) is 18.8 Å². The van der Waals surface area contributed by atoms with Crippen LogP contribution in [0.25, 0.3) is 0 Å². The minimum Gasteiger partial charge on any atom is -0.449 e. The Morgan fingerprint density at radius 2 is 2.26 bits per heavy atom. The van der Waals surface area contributed by atoms with Gasteiger partial charge >= 0.3 is 6.09 Å². The Morgan fingerprint density at radius 3 is 3.11 bits per heavy atom. The molecule has 1 N–H and O–H groups in total. The van der Waals surface area contributed by atoms with E-state index >= 15 is 0 Å². The number of imidazole rings is 1. The third-order valence-electron chi connectivity index (χ3n) is 4.20. The summed E-state index contributed by atoms with van der Waals surface area (Å²) in [5.41, 5.74) is 2.12. The number of nitrogens with zero attached hydrogens (tertiary/aromatic N) is 2. The van der Waals surface area contributed by atoms with Crippen molar-refractivity contribution in [3.8, 4) is 0 Å². The first-order chi connectivity index (χ1) is 9.33. The third-order valence-corrected chi connectivity index (χ3v) is 4.20.